The molecule has 4 heterocycles. The maximum Gasteiger partial charge on any atom is 0.266 e. The molecule has 0 bridgehead atoms. The van der Waals surface area contributed by atoms with Crippen molar-refractivity contribution in [1.29, 1.82) is 5.26 Å². The lowest BCUT2D eigenvalue weighted by atomic mass is 10.2. The summed E-state index contributed by atoms with van der Waals surface area (Å²) in [5.74, 6) is 1.28. The quantitative estimate of drug-likeness (QED) is 0.687. The smallest absolute Gasteiger partial charge is 0.266 e. The molecule has 1 aliphatic rings. The van der Waals surface area contributed by atoms with E-state index in [4.69, 9.17) is 8.83 Å². The Hall–Kier alpha value is -3.05. The van der Waals surface area contributed by atoms with Gasteiger partial charge in [-0.15, -0.1) is 11.3 Å². The lowest BCUT2D eigenvalue weighted by Gasteiger charge is -2.34. The summed E-state index contributed by atoms with van der Waals surface area (Å²) in [5, 5.41) is 11.4. The van der Waals surface area contributed by atoms with Gasteiger partial charge in [0.2, 0.25) is 11.6 Å². The van der Waals surface area contributed by atoms with E-state index in [1.165, 1.54) is 17.6 Å². The molecule has 138 valence electrons. The van der Waals surface area contributed by atoms with Crippen molar-refractivity contribution in [2.45, 2.75) is 13.3 Å². The molecule has 1 amide bonds. The first-order valence-electron chi connectivity index (χ1n) is 8.76. The number of rotatable bonds is 4. The third kappa shape index (κ3) is 3.22. The van der Waals surface area contributed by atoms with Crippen LogP contribution in [-0.2, 0) is 6.42 Å². The van der Waals surface area contributed by atoms with Gasteiger partial charge < -0.3 is 18.6 Å². The maximum absolute atomic E-state index is 12.8. The molecule has 0 radical (unpaired) electrons. The molecule has 0 spiro atoms. The van der Waals surface area contributed by atoms with Crippen LogP contribution < -0.4 is 4.90 Å². The molecule has 8 heteroatoms. The van der Waals surface area contributed by atoms with E-state index in [0.717, 1.165) is 16.9 Å². The van der Waals surface area contributed by atoms with Gasteiger partial charge in [0.1, 0.15) is 6.07 Å². The van der Waals surface area contributed by atoms with Gasteiger partial charge in [-0.3, -0.25) is 4.79 Å². The van der Waals surface area contributed by atoms with E-state index in [-0.39, 0.29) is 17.5 Å². The van der Waals surface area contributed by atoms with Crippen LogP contribution in [0.5, 0.6) is 0 Å². The number of amides is 1. The first-order chi connectivity index (χ1) is 13.2. The van der Waals surface area contributed by atoms with Gasteiger partial charge in [0, 0.05) is 26.2 Å². The summed E-state index contributed by atoms with van der Waals surface area (Å²) in [6.07, 6.45) is 2.38. The molecule has 27 heavy (non-hydrogen) atoms. The highest BCUT2D eigenvalue weighted by atomic mass is 32.1. The van der Waals surface area contributed by atoms with Crippen LogP contribution in [0.1, 0.15) is 27.9 Å². The highest BCUT2D eigenvalue weighted by molar-refractivity contribution is 7.12. The second-order valence-corrected chi connectivity index (χ2v) is 7.09. The first kappa shape index (κ1) is 17.4. The van der Waals surface area contributed by atoms with Crippen molar-refractivity contribution in [3.63, 3.8) is 0 Å². The number of anilines is 1. The SMILES string of the molecule is CCc1ccsc1C(=O)N1CCN(c2oc(-c3ccco3)nc2C#N)CC1. The number of aryl methyl sites for hydroxylation is 1. The fourth-order valence-electron chi connectivity index (χ4n) is 3.16. The molecule has 1 aliphatic heterocycles. The third-order valence-electron chi connectivity index (χ3n) is 4.62. The number of carbonyl (C=O) groups is 1. The number of oxazole rings is 1. The van der Waals surface area contributed by atoms with Gasteiger partial charge >= 0.3 is 0 Å². The first-order valence-corrected chi connectivity index (χ1v) is 9.64. The number of aromatic nitrogens is 1. The van der Waals surface area contributed by atoms with E-state index in [2.05, 4.69) is 18.0 Å². The van der Waals surface area contributed by atoms with Gasteiger partial charge in [-0.25, -0.2) is 0 Å². The fourth-order valence-corrected chi connectivity index (χ4v) is 4.12. The standard InChI is InChI=1S/C19H18N4O3S/c1-2-13-5-11-27-16(13)18(24)22-6-8-23(9-7-22)19-14(12-20)21-17(26-19)15-4-3-10-25-15/h3-5,10-11H,2,6-9H2,1H3. The van der Waals surface area contributed by atoms with E-state index in [0.29, 0.717) is 37.8 Å². The molecule has 0 aromatic carbocycles. The van der Waals surface area contributed by atoms with Crippen LogP contribution in [0.15, 0.2) is 38.7 Å². The summed E-state index contributed by atoms with van der Waals surface area (Å²) in [6, 6.07) is 7.57. The van der Waals surface area contributed by atoms with Crippen LogP contribution in [0.25, 0.3) is 11.7 Å². The number of thiophene rings is 1. The number of nitrogens with zero attached hydrogens (tertiary/aromatic N) is 4. The fraction of sp³-hybridized carbons (Fsp3) is 0.316. The lowest BCUT2D eigenvalue weighted by molar-refractivity contribution is 0.0749. The second-order valence-electron chi connectivity index (χ2n) is 6.17. The zero-order valence-corrected chi connectivity index (χ0v) is 15.7. The largest absolute Gasteiger partial charge is 0.459 e. The highest BCUT2D eigenvalue weighted by Crippen LogP contribution is 2.29. The Kier molecular flexibility index (Phi) is 4.69. The van der Waals surface area contributed by atoms with Gasteiger partial charge in [-0.2, -0.15) is 10.2 Å². The van der Waals surface area contributed by atoms with Crippen molar-refractivity contribution in [3.8, 4) is 17.7 Å². The zero-order chi connectivity index (χ0) is 18.8. The highest BCUT2D eigenvalue weighted by Gasteiger charge is 2.28. The van der Waals surface area contributed by atoms with Crippen LogP contribution in [0, 0.1) is 11.3 Å². The molecule has 3 aromatic heterocycles. The number of furan rings is 1. The Bertz CT molecular complexity index is 975. The van der Waals surface area contributed by atoms with Crippen LogP contribution in [0.3, 0.4) is 0 Å². The van der Waals surface area contributed by atoms with Crippen molar-refractivity contribution in [2.24, 2.45) is 0 Å². The van der Waals surface area contributed by atoms with E-state index >= 15 is 0 Å². The van der Waals surface area contributed by atoms with Gasteiger partial charge in [0.25, 0.3) is 11.8 Å². The van der Waals surface area contributed by atoms with Crippen LogP contribution >= 0.6 is 11.3 Å². The molecule has 3 aromatic rings. The predicted molar refractivity (Wildman–Crippen MR) is 101 cm³/mol. The van der Waals surface area contributed by atoms with Gasteiger partial charge in [0.05, 0.1) is 11.1 Å². The Balaban J connectivity index is 1.48. The van der Waals surface area contributed by atoms with Crippen molar-refractivity contribution in [2.75, 3.05) is 31.1 Å². The van der Waals surface area contributed by atoms with Crippen LogP contribution in [0.4, 0.5) is 5.88 Å². The molecule has 0 N–H and O–H groups in total. The lowest BCUT2D eigenvalue weighted by Crippen LogP contribution is -2.48. The molecular formula is C19H18N4O3S. The monoisotopic (exact) mass is 382 g/mol. The molecule has 0 unspecified atom stereocenters. The topological polar surface area (TPSA) is 86.5 Å². The Morgan fingerprint density at radius 2 is 2.15 bits per heavy atom. The van der Waals surface area contributed by atoms with Crippen molar-refractivity contribution in [1.82, 2.24) is 9.88 Å². The molecule has 0 saturated carbocycles. The van der Waals surface area contributed by atoms with Crippen molar-refractivity contribution < 1.29 is 13.6 Å². The number of nitriles is 1. The van der Waals surface area contributed by atoms with E-state index < -0.39 is 0 Å². The Labute approximate surface area is 160 Å². The molecule has 0 aliphatic carbocycles. The molecule has 4 rings (SSSR count). The molecule has 7 nitrogen and oxygen atoms in total. The van der Waals surface area contributed by atoms with Gasteiger partial charge in [0.15, 0.2) is 5.76 Å². The summed E-state index contributed by atoms with van der Waals surface area (Å²) in [6.45, 7) is 4.36. The van der Waals surface area contributed by atoms with E-state index in [1.54, 1.807) is 12.1 Å². The van der Waals surface area contributed by atoms with Crippen LogP contribution in [-0.4, -0.2) is 42.0 Å². The normalized spacial score (nSPS) is 14.4. The number of hydrogen-bond acceptors (Lipinski definition) is 7. The second kappa shape index (κ2) is 7.29. The molecular weight excluding hydrogens is 364 g/mol. The van der Waals surface area contributed by atoms with Crippen molar-refractivity contribution in [3.05, 3.63) is 46.0 Å². The predicted octanol–water partition coefficient (Wildman–Crippen LogP) is 3.39. The summed E-state index contributed by atoms with van der Waals surface area (Å²) in [7, 11) is 0. The van der Waals surface area contributed by atoms with Gasteiger partial charge in [-0.05, 0) is 35.6 Å². The number of hydrogen-bond donors (Lipinski definition) is 0. The minimum Gasteiger partial charge on any atom is -0.459 e. The third-order valence-corrected chi connectivity index (χ3v) is 5.57. The number of carbonyl (C=O) groups excluding carboxylic acids is 1. The Morgan fingerprint density at radius 1 is 1.33 bits per heavy atom. The Morgan fingerprint density at radius 3 is 2.81 bits per heavy atom. The van der Waals surface area contributed by atoms with Crippen LogP contribution in [0.2, 0.25) is 0 Å². The minimum absolute atomic E-state index is 0.0795. The maximum atomic E-state index is 12.8. The van der Waals surface area contributed by atoms with E-state index in [1.807, 2.05) is 21.2 Å². The van der Waals surface area contributed by atoms with Gasteiger partial charge in [-0.1, -0.05) is 6.92 Å². The summed E-state index contributed by atoms with van der Waals surface area (Å²) in [5.41, 5.74) is 1.32. The zero-order valence-electron chi connectivity index (χ0n) is 14.8. The number of piperazine rings is 1. The average molecular weight is 382 g/mol. The molecule has 0 atom stereocenters. The summed E-state index contributed by atoms with van der Waals surface area (Å²) in [4.78, 5) is 21.6. The van der Waals surface area contributed by atoms with E-state index in [9.17, 15) is 10.1 Å². The molecule has 1 fully saturated rings. The van der Waals surface area contributed by atoms with Crippen molar-refractivity contribution >= 4 is 23.1 Å². The summed E-state index contributed by atoms with van der Waals surface area (Å²) >= 11 is 1.49. The minimum atomic E-state index is 0.0795. The molecule has 1 saturated heterocycles. The summed E-state index contributed by atoms with van der Waals surface area (Å²) < 4.78 is 11.1. The average Bonchev–Trinajstić information content (AvgIpc) is 3.47.